The third-order valence-corrected chi connectivity index (χ3v) is 11.3. The van der Waals surface area contributed by atoms with Gasteiger partial charge in [-0.1, -0.05) is 40.7 Å². The lowest BCUT2D eigenvalue weighted by molar-refractivity contribution is -0.165. The molecule has 2 atom stereocenters. The molecule has 0 radical (unpaired) electrons. The molecule has 0 bridgehead atoms. The van der Waals surface area contributed by atoms with Gasteiger partial charge in [-0.25, -0.2) is 24.3 Å². The maximum Gasteiger partial charge on any atom is 0.408 e. The molecule has 1 unspecified atom stereocenters. The van der Waals surface area contributed by atoms with Crippen LogP contribution in [0.5, 0.6) is 5.75 Å². The predicted molar refractivity (Wildman–Crippen MR) is 257 cm³/mol. The number of ether oxygens (including phenoxy) is 4. The van der Waals surface area contributed by atoms with Gasteiger partial charge in [0.05, 0.1) is 35.4 Å². The normalized spacial score (nSPS) is 15.5. The van der Waals surface area contributed by atoms with E-state index < -0.39 is 72.1 Å². The Morgan fingerprint density at radius 3 is 2.34 bits per heavy atom. The van der Waals surface area contributed by atoms with Crippen molar-refractivity contribution in [2.75, 3.05) is 49.0 Å². The number of anilines is 3. The molecule has 1 saturated heterocycles. The van der Waals surface area contributed by atoms with Crippen LogP contribution in [0.3, 0.4) is 0 Å². The summed E-state index contributed by atoms with van der Waals surface area (Å²) in [7, 11) is 0. The number of imide groups is 2. The first-order chi connectivity index (χ1) is 33.2. The first-order valence-electron chi connectivity index (χ1n) is 22.9. The highest BCUT2D eigenvalue weighted by Crippen LogP contribution is 2.34. The van der Waals surface area contributed by atoms with Gasteiger partial charge in [-0.2, -0.15) is 5.10 Å². The number of benzene rings is 3. The Labute approximate surface area is 403 Å². The molecule has 1 fully saturated rings. The first kappa shape index (κ1) is 50.1. The number of imidazole rings is 1. The molecule has 5 aromatic rings. The fraction of sp³-hybridized carbons (Fsp3) is 0.408. The highest BCUT2D eigenvalue weighted by molar-refractivity contribution is 6.25. The Morgan fingerprint density at radius 1 is 0.886 bits per heavy atom. The van der Waals surface area contributed by atoms with Gasteiger partial charge in [-0.15, -0.1) is 0 Å². The number of H-pyrrole nitrogens is 1. The van der Waals surface area contributed by atoms with Crippen molar-refractivity contribution in [1.29, 1.82) is 0 Å². The number of hydrogen-bond acceptors (Lipinski definition) is 14. The molecule has 2 aliphatic rings. The van der Waals surface area contributed by atoms with Crippen LogP contribution in [-0.2, 0) is 34.0 Å². The van der Waals surface area contributed by atoms with Crippen molar-refractivity contribution in [3.8, 4) is 11.4 Å². The number of alkyl carbamates (subject to hydrolysis) is 1. The second-order valence-electron chi connectivity index (χ2n) is 19.1. The van der Waals surface area contributed by atoms with Crippen LogP contribution in [-0.4, -0.2) is 122 Å². The number of amides is 7. The summed E-state index contributed by atoms with van der Waals surface area (Å²) in [6.45, 7) is 14.7. The largest absolute Gasteiger partial charge is 0.491 e. The number of rotatable bonds is 17. The summed E-state index contributed by atoms with van der Waals surface area (Å²) in [6, 6.07) is 16.6. The molecule has 7 rings (SSSR count). The monoisotopic (exact) mass is 962 g/mol. The van der Waals surface area contributed by atoms with Crippen molar-refractivity contribution < 1.29 is 52.5 Å². The lowest BCUT2D eigenvalue weighted by Crippen LogP contribution is -2.57. The van der Waals surface area contributed by atoms with Gasteiger partial charge in [0.25, 0.3) is 17.7 Å². The minimum Gasteiger partial charge on any atom is -0.491 e. The van der Waals surface area contributed by atoms with Gasteiger partial charge >= 0.3 is 18.1 Å². The van der Waals surface area contributed by atoms with E-state index >= 15 is 0 Å². The average Bonchev–Trinajstić information content (AvgIpc) is 4.01. The number of likely N-dealkylation sites (tertiary alicyclic amines) is 1. The van der Waals surface area contributed by atoms with E-state index in [4.69, 9.17) is 18.9 Å². The molecule has 0 spiro atoms. The average molecular weight is 963 g/mol. The topological polar surface area (TPSA) is 258 Å². The lowest BCUT2D eigenvalue weighted by Gasteiger charge is -2.34. The van der Waals surface area contributed by atoms with Crippen molar-refractivity contribution in [2.24, 2.45) is 5.92 Å². The van der Waals surface area contributed by atoms with Crippen molar-refractivity contribution in [2.45, 2.75) is 91.3 Å². The third kappa shape index (κ3) is 11.7. The standard InChI is InChI=1S/C49H58N10O11/c1-28(2)41(54-47(66)70-49(6,7)8)45(64)69-27-58-39(60)19-18-36(43(58)62)59-42(61)32-10-9-11-33(40(32)44(59)63)50-20-21-67-22-23-68-31-16-17-35-34(24-31)51-26-57(35)30-14-12-29(13-15-30)52-46(65)53-38-25-37(55-56-38)48(3,4)5/h9-17,24-26,28,36,41,50H,18-23,27H2,1-8H3,(H,54,66)(H3,52,53,55,56,65)/t36?,41-/m0/s1. The Kier molecular flexibility index (Phi) is 14.9. The fourth-order valence-corrected chi connectivity index (χ4v) is 7.70. The first-order valence-corrected chi connectivity index (χ1v) is 22.9. The summed E-state index contributed by atoms with van der Waals surface area (Å²) < 4.78 is 24.2. The molecule has 0 aliphatic carbocycles. The summed E-state index contributed by atoms with van der Waals surface area (Å²) in [4.78, 5) is 98.2. The number of carbonyl (C=O) groups is 7. The third-order valence-electron chi connectivity index (χ3n) is 11.3. The van der Waals surface area contributed by atoms with Crippen LogP contribution in [0.4, 0.5) is 26.8 Å². The molecule has 4 heterocycles. The number of hydrogen-bond donors (Lipinski definition) is 5. The lowest BCUT2D eigenvalue weighted by atomic mass is 9.92. The molecule has 21 nitrogen and oxygen atoms in total. The van der Waals surface area contributed by atoms with E-state index in [1.807, 2.05) is 34.9 Å². The van der Waals surface area contributed by atoms with E-state index in [2.05, 4.69) is 57.2 Å². The zero-order valence-corrected chi connectivity index (χ0v) is 40.3. The number of nitrogens with one attached hydrogen (secondary N) is 5. The Bertz CT molecular complexity index is 2790. The second-order valence-corrected chi connectivity index (χ2v) is 19.1. The number of aromatic nitrogens is 4. The number of aromatic amines is 1. The zero-order valence-electron chi connectivity index (χ0n) is 40.3. The van der Waals surface area contributed by atoms with Crippen molar-refractivity contribution >= 4 is 69.9 Å². The molecular weight excluding hydrogens is 905 g/mol. The van der Waals surface area contributed by atoms with Gasteiger partial charge in [0.1, 0.15) is 36.4 Å². The van der Waals surface area contributed by atoms with Gasteiger partial charge in [-0.05, 0) is 81.6 Å². The van der Waals surface area contributed by atoms with Gasteiger partial charge in [0, 0.05) is 53.3 Å². The molecular formula is C49H58N10O11. The minimum absolute atomic E-state index is 0.0827. The van der Waals surface area contributed by atoms with Crippen molar-refractivity contribution in [3.05, 3.63) is 89.9 Å². The van der Waals surface area contributed by atoms with Gasteiger partial charge in [0.15, 0.2) is 12.5 Å². The number of fused-ring (bicyclic) bond motifs is 2. The van der Waals surface area contributed by atoms with Crippen molar-refractivity contribution in [1.82, 2.24) is 34.9 Å². The second kappa shape index (κ2) is 20.8. The van der Waals surface area contributed by atoms with Crippen LogP contribution in [0, 0.1) is 5.92 Å². The molecule has 2 aromatic heterocycles. The van der Waals surface area contributed by atoms with Crippen molar-refractivity contribution in [3.63, 3.8) is 0 Å². The summed E-state index contributed by atoms with van der Waals surface area (Å²) in [5, 5.41) is 18.3. The smallest absolute Gasteiger partial charge is 0.408 e. The summed E-state index contributed by atoms with van der Waals surface area (Å²) in [5.74, 6) is -3.23. The van der Waals surface area contributed by atoms with Crippen LogP contribution >= 0.6 is 0 Å². The van der Waals surface area contributed by atoms with Crippen LogP contribution < -0.4 is 26.0 Å². The Morgan fingerprint density at radius 2 is 1.64 bits per heavy atom. The summed E-state index contributed by atoms with van der Waals surface area (Å²) in [6.07, 6.45) is 0.563. The number of carbonyl (C=O) groups excluding carboxylic acids is 7. The van der Waals surface area contributed by atoms with Gasteiger partial charge < -0.3 is 34.9 Å². The molecule has 5 N–H and O–H groups in total. The minimum atomic E-state index is -1.32. The Balaban J connectivity index is 0.857. The molecule has 0 saturated carbocycles. The molecule has 2 aliphatic heterocycles. The number of esters is 1. The molecule has 370 valence electrons. The highest BCUT2D eigenvalue weighted by atomic mass is 16.6. The zero-order chi connectivity index (χ0) is 50.5. The number of urea groups is 1. The molecule has 7 amide bonds. The maximum atomic E-state index is 13.9. The van der Waals surface area contributed by atoms with Crippen LogP contribution in [0.1, 0.15) is 94.6 Å². The molecule has 70 heavy (non-hydrogen) atoms. The van der Waals surface area contributed by atoms with E-state index in [1.165, 1.54) is 6.07 Å². The van der Waals surface area contributed by atoms with Gasteiger partial charge in [0.2, 0.25) is 5.91 Å². The van der Waals surface area contributed by atoms with E-state index in [0.29, 0.717) is 33.4 Å². The number of piperidine rings is 1. The van der Waals surface area contributed by atoms with E-state index in [1.54, 1.807) is 71.3 Å². The highest BCUT2D eigenvalue weighted by Gasteiger charge is 2.48. The van der Waals surface area contributed by atoms with Crippen LogP contribution in [0.2, 0.25) is 0 Å². The van der Waals surface area contributed by atoms with Crippen LogP contribution in [0.15, 0.2) is 73.1 Å². The van der Waals surface area contributed by atoms with Crippen LogP contribution in [0.25, 0.3) is 16.7 Å². The fourth-order valence-electron chi connectivity index (χ4n) is 7.70. The SMILES string of the molecule is CC(C)[C@H](NC(=O)OC(C)(C)C)C(=O)OCN1C(=O)CCC(N2C(=O)c3cccc(NCCOCCOc4ccc5c(c4)ncn5-c4ccc(NC(=O)Nc5cc(C(C)(C)C)[nH]n5)cc4)c3C2=O)C1=O. The van der Waals surface area contributed by atoms with Gasteiger partial charge in [-0.3, -0.25) is 39.1 Å². The van der Waals surface area contributed by atoms with E-state index in [0.717, 1.165) is 21.8 Å². The predicted octanol–water partition coefficient (Wildman–Crippen LogP) is 6.36. The summed E-state index contributed by atoms with van der Waals surface area (Å²) in [5.41, 5.74) is 3.50. The number of nitrogens with zero attached hydrogens (tertiary/aromatic N) is 5. The van der Waals surface area contributed by atoms with E-state index in [9.17, 15) is 33.6 Å². The van der Waals surface area contributed by atoms with E-state index in [-0.39, 0.29) is 55.7 Å². The molecule has 21 heteroatoms. The quantitative estimate of drug-likeness (QED) is 0.0386. The molecule has 3 aromatic carbocycles. The summed E-state index contributed by atoms with van der Waals surface area (Å²) >= 11 is 0. The Hall–Kier alpha value is -7.81. The maximum absolute atomic E-state index is 13.9.